The maximum atomic E-state index is 12.9. The molecule has 26 heavy (non-hydrogen) atoms. The third-order valence-electron chi connectivity index (χ3n) is 5.01. The van der Waals surface area contributed by atoms with Crippen LogP contribution in [-0.4, -0.2) is 38.6 Å². The molecule has 0 bridgehead atoms. The van der Waals surface area contributed by atoms with Crippen molar-refractivity contribution in [2.45, 2.75) is 38.6 Å². The van der Waals surface area contributed by atoms with Gasteiger partial charge in [-0.05, 0) is 19.8 Å². The Balaban J connectivity index is 1.61. The van der Waals surface area contributed by atoms with Gasteiger partial charge in [-0.3, -0.25) is 9.89 Å². The number of nitrogens with one attached hydrogen (secondary N) is 1. The average Bonchev–Trinajstić information content (AvgIpc) is 3.43. The molecule has 0 radical (unpaired) electrons. The zero-order chi connectivity index (χ0) is 17.9. The molecule has 134 valence electrons. The molecule has 0 atom stereocenters. The Labute approximate surface area is 157 Å². The molecule has 3 aromatic rings. The molecular weight excluding hydrogens is 344 g/mol. The lowest BCUT2D eigenvalue weighted by molar-refractivity contribution is 0.0688. The summed E-state index contributed by atoms with van der Waals surface area (Å²) in [6.45, 7) is 2.78. The highest BCUT2D eigenvalue weighted by molar-refractivity contribution is 7.13. The number of rotatable bonds is 5. The first-order chi connectivity index (χ1) is 12.8. The summed E-state index contributed by atoms with van der Waals surface area (Å²) in [7, 11) is 0. The van der Waals surface area contributed by atoms with E-state index in [9.17, 15) is 4.79 Å². The van der Waals surface area contributed by atoms with E-state index < -0.39 is 0 Å². The number of carbonyl (C=O) groups is 1. The number of aromatic nitrogens is 3. The molecule has 0 spiro atoms. The maximum Gasteiger partial charge on any atom is 0.273 e. The van der Waals surface area contributed by atoms with Gasteiger partial charge in [0.1, 0.15) is 16.4 Å². The van der Waals surface area contributed by atoms with E-state index in [1.807, 2.05) is 53.7 Å². The van der Waals surface area contributed by atoms with Gasteiger partial charge in [0.15, 0.2) is 0 Å². The largest absolute Gasteiger partial charge is 0.335 e. The molecule has 4 rings (SSSR count). The molecule has 0 saturated heterocycles. The van der Waals surface area contributed by atoms with Crippen LogP contribution in [0.1, 0.15) is 43.1 Å². The van der Waals surface area contributed by atoms with Crippen LogP contribution < -0.4 is 0 Å². The normalized spacial score (nSPS) is 14.7. The summed E-state index contributed by atoms with van der Waals surface area (Å²) in [6, 6.07) is 10.4. The van der Waals surface area contributed by atoms with Crippen molar-refractivity contribution in [2.24, 2.45) is 0 Å². The monoisotopic (exact) mass is 366 g/mol. The SMILES string of the molecule is CCN(C(=O)c1csc(-c2c[nH]nc2-c2ccccc2)n1)C1CCCC1. The van der Waals surface area contributed by atoms with Crippen molar-refractivity contribution in [2.75, 3.05) is 6.54 Å². The van der Waals surface area contributed by atoms with E-state index in [-0.39, 0.29) is 5.91 Å². The van der Waals surface area contributed by atoms with Gasteiger partial charge in [0.2, 0.25) is 0 Å². The number of carbonyl (C=O) groups excluding carboxylic acids is 1. The molecule has 1 amide bonds. The molecule has 1 N–H and O–H groups in total. The second-order valence-electron chi connectivity index (χ2n) is 6.58. The molecule has 1 fully saturated rings. The van der Waals surface area contributed by atoms with Gasteiger partial charge < -0.3 is 4.90 Å². The minimum atomic E-state index is 0.0478. The molecule has 2 heterocycles. The minimum Gasteiger partial charge on any atom is -0.335 e. The van der Waals surface area contributed by atoms with Gasteiger partial charge in [0, 0.05) is 29.7 Å². The first kappa shape index (κ1) is 17.0. The van der Waals surface area contributed by atoms with Crippen LogP contribution >= 0.6 is 11.3 Å². The summed E-state index contributed by atoms with van der Waals surface area (Å²) in [6.07, 6.45) is 6.50. The van der Waals surface area contributed by atoms with Crippen LogP contribution in [0.25, 0.3) is 21.8 Å². The van der Waals surface area contributed by atoms with Gasteiger partial charge in [0.25, 0.3) is 5.91 Å². The third kappa shape index (κ3) is 3.17. The smallest absolute Gasteiger partial charge is 0.273 e. The fraction of sp³-hybridized carbons (Fsp3) is 0.350. The number of amides is 1. The first-order valence-corrected chi connectivity index (χ1v) is 10.0. The van der Waals surface area contributed by atoms with Crippen molar-refractivity contribution >= 4 is 17.2 Å². The second-order valence-corrected chi connectivity index (χ2v) is 7.44. The Morgan fingerprint density at radius 2 is 2.04 bits per heavy atom. The number of thiazole rings is 1. The number of hydrogen-bond acceptors (Lipinski definition) is 4. The highest BCUT2D eigenvalue weighted by Gasteiger charge is 2.28. The maximum absolute atomic E-state index is 12.9. The first-order valence-electron chi connectivity index (χ1n) is 9.14. The summed E-state index contributed by atoms with van der Waals surface area (Å²) in [5, 5.41) is 10.0. The lowest BCUT2D eigenvalue weighted by Gasteiger charge is -2.26. The lowest BCUT2D eigenvalue weighted by atomic mass is 10.1. The fourth-order valence-corrected chi connectivity index (χ4v) is 4.51. The van der Waals surface area contributed by atoms with Gasteiger partial charge >= 0.3 is 0 Å². The topological polar surface area (TPSA) is 61.9 Å². The molecule has 1 aliphatic rings. The van der Waals surface area contributed by atoms with Crippen molar-refractivity contribution in [3.8, 4) is 21.8 Å². The van der Waals surface area contributed by atoms with Crippen LogP contribution in [0.4, 0.5) is 0 Å². The van der Waals surface area contributed by atoms with Gasteiger partial charge in [-0.25, -0.2) is 4.98 Å². The molecule has 2 aromatic heterocycles. The number of H-pyrrole nitrogens is 1. The third-order valence-corrected chi connectivity index (χ3v) is 5.88. The van der Waals surface area contributed by atoms with Crippen LogP contribution in [0.2, 0.25) is 0 Å². The van der Waals surface area contributed by atoms with E-state index in [0.29, 0.717) is 11.7 Å². The molecule has 0 unspecified atom stereocenters. The van der Waals surface area contributed by atoms with Crippen LogP contribution in [0.3, 0.4) is 0 Å². The van der Waals surface area contributed by atoms with Crippen LogP contribution in [-0.2, 0) is 0 Å². The number of aromatic amines is 1. The number of benzene rings is 1. The summed E-state index contributed by atoms with van der Waals surface area (Å²) in [5.74, 6) is 0.0478. The van der Waals surface area contributed by atoms with Gasteiger partial charge in [-0.2, -0.15) is 5.10 Å². The molecule has 5 nitrogen and oxygen atoms in total. The van der Waals surface area contributed by atoms with Gasteiger partial charge in [0.05, 0.1) is 5.56 Å². The minimum absolute atomic E-state index is 0.0478. The molecule has 0 aliphatic heterocycles. The summed E-state index contributed by atoms with van der Waals surface area (Å²) in [5.41, 5.74) is 3.37. The summed E-state index contributed by atoms with van der Waals surface area (Å²) in [4.78, 5) is 19.6. The van der Waals surface area contributed by atoms with Gasteiger partial charge in [-0.15, -0.1) is 11.3 Å². The van der Waals surface area contributed by atoms with Crippen molar-refractivity contribution in [1.82, 2.24) is 20.1 Å². The van der Waals surface area contributed by atoms with Crippen LogP contribution in [0.5, 0.6) is 0 Å². The Morgan fingerprint density at radius 1 is 1.27 bits per heavy atom. The zero-order valence-electron chi connectivity index (χ0n) is 14.8. The standard InChI is InChI=1S/C20H22N4OS/c1-2-24(15-10-6-7-11-15)20(25)17-13-26-19(22-17)16-12-21-23-18(16)14-8-4-3-5-9-14/h3-5,8-9,12-13,15H,2,6-7,10-11H2,1H3,(H,21,23). The van der Waals surface area contributed by atoms with E-state index in [4.69, 9.17) is 0 Å². The van der Waals surface area contributed by atoms with Crippen LogP contribution in [0.15, 0.2) is 41.9 Å². The van der Waals surface area contributed by atoms with Crippen LogP contribution in [0, 0.1) is 0 Å². The highest BCUT2D eigenvalue weighted by Crippen LogP contribution is 2.33. The number of nitrogens with zero attached hydrogens (tertiary/aromatic N) is 3. The molecular formula is C20H22N4OS. The van der Waals surface area contributed by atoms with Crippen molar-refractivity contribution in [3.63, 3.8) is 0 Å². The van der Waals surface area contributed by atoms with Crippen molar-refractivity contribution in [3.05, 3.63) is 47.6 Å². The Morgan fingerprint density at radius 3 is 2.77 bits per heavy atom. The predicted octanol–water partition coefficient (Wildman–Crippen LogP) is 4.60. The zero-order valence-corrected chi connectivity index (χ0v) is 15.6. The predicted molar refractivity (Wildman–Crippen MR) is 104 cm³/mol. The lowest BCUT2D eigenvalue weighted by Crippen LogP contribution is -2.38. The quantitative estimate of drug-likeness (QED) is 0.717. The Hall–Kier alpha value is -2.47. The average molecular weight is 366 g/mol. The van der Waals surface area contributed by atoms with E-state index in [2.05, 4.69) is 15.2 Å². The molecule has 6 heteroatoms. The van der Waals surface area contributed by atoms with E-state index in [0.717, 1.165) is 41.2 Å². The Kier molecular flexibility index (Phi) is 4.84. The van der Waals surface area contributed by atoms with E-state index in [1.54, 1.807) is 0 Å². The van der Waals surface area contributed by atoms with Crippen molar-refractivity contribution < 1.29 is 4.79 Å². The second kappa shape index (κ2) is 7.41. The molecule has 1 saturated carbocycles. The molecule has 1 aliphatic carbocycles. The molecule has 1 aromatic carbocycles. The fourth-order valence-electron chi connectivity index (χ4n) is 3.70. The highest BCUT2D eigenvalue weighted by atomic mass is 32.1. The summed E-state index contributed by atoms with van der Waals surface area (Å²) < 4.78 is 0. The van der Waals surface area contributed by atoms with E-state index in [1.165, 1.54) is 24.2 Å². The van der Waals surface area contributed by atoms with Gasteiger partial charge in [-0.1, -0.05) is 43.2 Å². The van der Waals surface area contributed by atoms with E-state index >= 15 is 0 Å². The Bertz CT molecular complexity index is 880. The summed E-state index contributed by atoms with van der Waals surface area (Å²) >= 11 is 1.50. The van der Waals surface area contributed by atoms with Crippen molar-refractivity contribution in [1.29, 1.82) is 0 Å². The number of hydrogen-bond donors (Lipinski definition) is 1.